The maximum absolute atomic E-state index is 12.1. The van der Waals surface area contributed by atoms with Crippen LogP contribution < -0.4 is 15.9 Å². The summed E-state index contributed by atoms with van der Waals surface area (Å²) in [5, 5.41) is 11.5. The minimum atomic E-state index is -0.120. The molecule has 0 spiro atoms. The number of hydrogen-bond donors (Lipinski definition) is 2. The lowest BCUT2D eigenvalue weighted by atomic mass is 10.2. The maximum atomic E-state index is 12.1. The molecular formula is C18H19N5O2S. The molecule has 0 saturated heterocycles. The first-order valence-electron chi connectivity index (χ1n) is 7.96. The Balaban J connectivity index is 1.56. The molecule has 0 saturated carbocycles. The summed E-state index contributed by atoms with van der Waals surface area (Å²) in [4.78, 5) is 12.1. The van der Waals surface area contributed by atoms with E-state index >= 15 is 0 Å². The van der Waals surface area contributed by atoms with E-state index in [1.165, 1.54) is 16.4 Å². The minimum absolute atomic E-state index is 0.120. The number of carbonyl (C=O) groups excluding carboxylic acids is 1. The van der Waals surface area contributed by atoms with Crippen molar-refractivity contribution in [1.29, 1.82) is 0 Å². The van der Waals surface area contributed by atoms with Crippen molar-refractivity contribution in [1.82, 2.24) is 20.2 Å². The van der Waals surface area contributed by atoms with E-state index in [9.17, 15) is 4.79 Å². The van der Waals surface area contributed by atoms with Gasteiger partial charge in [0.15, 0.2) is 5.82 Å². The molecule has 1 aromatic heterocycles. The third kappa shape index (κ3) is 4.15. The number of para-hydroxylation sites is 1. The van der Waals surface area contributed by atoms with Crippen LogP contribution in [0.1, 0.15) is 5.56 Å². The Morgan fingerprint density at radius 3 is 2.65 bits per heavy atom. The van der Waals surface area contributed by atoms with E-state index < -0.39 is 0 Å². The van der Waals surface area contributed by atoms with E-state index in [0.29, 0.717) is 17.5 Å². The smallest absolute Gasteiger partial charge is 0.230 e. The van der Waals surface area contributed by atoms with Crippen LogP contribution in [-0.4, -0.2) is 33.6 Å². The number of nitrogens with zero attached hydrogens (tertiary/aromatic N) is 3. The predicted octanol–water partition coefficient (Wildman–Crippen LogP) is 2.08. The van der Waals surface area contributed by atoms with Gasteiger partial charge in [0.1, 0.15) is 5.75 Å². The molecule has 0 aliphatic rings. The molecule has 1 amide bonds. The number of nitrogen functional groups attached to an aromatic ring is 1. The normalized spacial score (nSPS) is 10.5. The van der Waals surface area contributed by atoms with Crippen molar-refractivity contribution in [3.63, 3.8) is 0 Å². The summed E-state index contributed by atoms with van der Waals surface area (Å²) >= 11 is 1.24. The first kappa shape index (κ1) is 17.8. The average Bonchev–Trinajstić information content (AvgIpc) is 3.06. The first-order chi connectivity index (χ1) is 12.7. The van der Waals surface area contributed by atoms with Crippen LogP contribution in [0.25, 0.3) is 11.4 Å². The summed E-state index contributed by atoms with van der Waals surface area (Å²) < 4.78 is 6.67. The van der Waals surface area contributed by atoms with Gasteiger partial charge < -0.3 is 15.9 Å². The third-order valence-electron chi connectivity index (χ3n) is 3.70. The zero-order valence-corrected chi connectivity index (χ0v) is 15.1. The summed E-state index contributed by atoms with van der Waals surface area (Å²) in [6.07, 6.45) is 0. The monoisotopic (exact) mass is 369 g/mol. The van der Waals surface area contributed by atoms with E-state index in [0.717, 1.165) is 16.9 Å². The molecule has 7 nitrogen and oxygen atoms in total. The standard InChI is InChI=1S/C18H19N5O2S/c1-25-15-10-6-5-9-14(15)11-20-16(24)12-26-18-22-21-17(23(18)19)13-7-3-2-4-8-13/h2-10H,11-12,19H2,1H3,(H,20,24). The van der Waals surface area contributed by atoms with E-state index in [-0.39, 0.29) is 11.7 Å². The fraction of sp³-hybridized carbons (Fsp3) is 0.167. The van der Waals surface area contributed by atoms with E-state index in [1.807, 2.05) is 54.6 Å². The van der Waals surface area contributed by atoms with Gasteiger partial charge in [0.2, 0.25) is 11.1 Å². The number of nitrogens with one attached hydrogen (secondary N) is 1. The number of ether oxygens (including phenoxy) is 1. The molecule has 0 unspecified atom stereocenters. The predicted molar refractivity (Wildman–Crippen MR) is 101 cm³/mol. The zero-order chi connectivity index (χ0) is 18.4. The summed E-state index contributed by atoms with van der Waals surface area (Å²) in [5.41, 5.74) is 1.79. The van der Waals surface area contributed by atoms with Crippen LogP contribution in [0.4, 0.5) is 0 Å². The number of thioether (sulfide) groups is 1. The van der Waals surface area contributed by atoms with Crippen LogP contribution in [0.15, 0.2) is 59.8 Å². The van der Waals surface area contributed by atoms with Crippen LogP contribution in [0.2, 0.25) is 0 Å². The number of benzene rings is 2. The summed E-state index contributed by atoms with van der Waals surface area (Å²) in [6.45, 7) is 0.397. The molecule has 0 aliphatic carbocycles. The average molecular weight is 369 g/mol. The summed E-state index contributed by atoms with van der Waals surface area (Å²) in [6, 6.07) is 17.1. The van der Waals surface area contributed by atoms with Gasteiger partial charge in [-0.2, -0.15) is 0 Å². The van der Waals surface area contributed by atoms with E-state index in [2.05, 4.69) is 15.5 Å². The quantitative estimate of drug-likeness (QED) is 0.489. The van der Waals surface area contributed by atoms with Gasteiger partial charge in [-0.1, -0.05) is 60.3 Å². The Morgan fingerprint density at radius 2 is 1.88 bits per heavy atom. The summed E-state index contributed by atoms with van der Waals surface area (Å²) in [7, 11) is 1.61. The molecule has 0 aliphatic heterocycles. The Hall–Kier alpha value is -3.00. The SMILES string of the molecule is COc1ccccc1CNC(=O)CSc1nnc(-c2ccccc2)n1N. The van der Waals surface area contributed by atoms with Gasteiger partial charge in [0.25, 0.3) is 0 Å². The van der Waals surface area contributed by atoms with Crippen molar-refractivity contribution < 1.29 is 9.53 Å². The number of methoxy groups -OCH3 is 1. The molecule has 8 heteroatoms. The van der Waals surface area contributed by atoms with Crippen molar-refractivity contribution in [2.75, 3.05) is 18.7 Å². The van der Waals surface area contributed by atoms with E-state index in [4.69, 9.17) is 10.6 Å². The number of carbonyl (C=O) groups is 1. The fourth-order valence-corrected chi connectivity index (χ4v) is 3.07. The van der Waals surface area contributed by atoms with Gasteiger partial charge in [-0.15, -0.1) is 10.2 Å². The second kappa shape index (κ2) is 8.39. The highest BCUT2D eigenvalue weighted by Crippen LogP contribution is 2.21. The number of rotatable bonds is 7. The molecule has 0 bridgehead atoms. The maximum Gasteiger partial charge on any atom is 0.230 e. The second-order valence-electron chi connectivity index (χ2n) is 5.42. The molecule has 3 N–H and O–H groups in total. The van der Waals surface area contributed by atoms with E-state index in [1.54, 1.807) is 7.11 Å². The third-order valence-corrected chi connectivity index (χ3v) is 4.64. The Morgan fingerprint density at radius 1 is 1.15 bits per heavy atom. The van der Waals surface area contributed by atoms with Gasteiger partial charge in [-0.05, 0) is 6.07 Å². The molecule has 3 aromatic rings. The lowest BCUT2D eigenvalue weighted by Gasteiger charge is -2.09. The fourth-order valence-electron chi connectivity index (χ4n) is 2.38. The van der Waals surface area contributed by atoms with Crippen molar-refractivity contribution in [2.45, 2.75) is 11.7 Å². The molecule has 3 rings (SSSR count). The number of hydrogen-bond acceptors (Lipinski definition) is 6. The van der Waals surface area contributed by atoms with Crippen LogP contribution >= 0.6 is 11.8 Å². The number of aromatic nitrogens is 3. The van der Waals surface area contributed by atoms with Crippen LogP contribution in [-0.2, 0) is 11.3 Å². The summed E-state index contributed by atoms with van der Waals surface area (Å²) in [5.74, 6) is 7.42. The van der Waals surface area contributed by atoms with Crippen molar-refractivity contribution in [3.8, 4) is 17.1 Å². The topological polar surface area (TPSA) is 95.1 Å². The highest BCUT2D eigenvalue weighted by molar-refractivity contribution is 7.99. The van der Waals surface area contributed by atoms with Gasteiger partial charge in [0, 0.05) is 17.7 Å². The molecular weight excluding hydrogens is 350 g/mol. The number of nitrogens with two attached hydrogens (primary N) is 1. The Bertz CT molecular complexity index is 882. The van der Waals surface area contributed by atoms with Crippen molar-refractivity contribution >= 4 is 17.7 Å². The molecule has 1 heterocycles. The minimum Gasteiger partial charge on any atom is -0.496 e. The van der Waals surface area contributed by atoms with Gasteiger partial charge in [-0.3, -0.25) is 4.79 Å². The highest BCUT2D eigenvalue weighted by Gasteiger charge is 2.13. The molecule has 0 fully saturated rings. The lowest BCUT2D eigenvalue weighted by molar-refractivity contribution is -0.118. The molecule has 134 valence electrons. The largest absolute Gasteiger partial charge is 0.496 e. The zero-order valence-electron chi connectivity index (χ0n) is 14.3. The van der Waals surface area contributed by atoms with Gasteiger partial charge in [-0.25, -0.2) is 4.68 Å². The molecule has 2 aromatic carbocycles. The Kier molecular flexibility index (Phi) is 5.75. The lowest BCUT2D eigenvalue weighted by Crippen LogP contribution is -2.25. The van der Waals surface area contributed by atoms with Crippen LogP contribution in [0, 0.1) is 0 Å². The molecule has 26 heavy (non-hydrogen) atoms. The molecule has 0 atom stereocenters. The van der Waals surface area contributed by atoms with Crippen molar-refractivity contribution in [3.05, 3.63) is 60.2 Å². The first-order valence-corrected chi connectivity index (χ1v) is 8.95. The second-order valence-corrected chi connectivity index (χ2v) is 6.36. The van der Waals surface area contributed by atoms with Crippen molar-refractivity contribution in [2.24, 2.45) is 0 Å². The van der Waals surface area contributed by atoms with Crippen LogP contribution in [0.3, 0.4) is 0 Å². The molecule has 0 radical (unpaired) electrons. The Labute approximate surface area is 155 Å². The number of amides is 1. The van der Waals surface area contributed by atoms with Gasteiger partial charge >= 0.3 is 0 Å². The van der Waals surface area contributed by atoms with Crippen LogP contribution in [0.5, 0.6) is 5.75 Å². The highest BCUT2D eigenvalue weighted by atomic mass is 32.2. The van der Waals surface area contributed by atoms with Gasteiger partial charge in [0.05, 0.1) is 12.9 Å².